The van der Waals surface area contributed by atoms with Crippen LogP contribution in [0.1, 0.15) is 18.9 Å². The van der Waals surface area contributed by atoms with Crippen LogP contribution in [0.4, 0.5) is 18.9 Å². The lowest BCUT2D eigenvalue weighted by Crippen LogP contribution is -2.23. The number of nitrogens with zero attached hydrogens (tertiary/aromatic N) is 3. The van der Waals surface area contributed by atoms with Crippen molar-refractivity contribution in [2.24, 2.45) is 0 Å². The Hall–Kier alpha value is -2.07. The monoisotopic (exact) mass is 388 g/mol. The lowest BCUT2D eigenvalue weighted by molar-refractivity contribution is -0.137. The molecule has 2 rings (SSSR count). The molecule has 0 aliphatic heterocycles. The van der Waals surface area contributed by atoms with Crippen LogP contribution in [0.5, 0.6) is 0 Å². The standard InChI is InChI=1S/C16H19F3N4O2S/c1-11(26-15-22-20-10-23(15)8-3-9-25-2)14(24)21-13-6-4-12(5-7-13)16(17,18)19/h4-7,10-11H,3,8-9H2,1-2H3,(H,21,24). The molecule has 1 aromatic carbocycles. The fraction of sp³-hybridized carbons (Fsp3) is 0.438. The molecule has 6 nitrogen and oxygen atoms in total. The average molecular weight is 388 g/mol. The SMILES string of the molecule is COCCCn1cnnc1SC(C)C(=O)Nc1ccc(C(F)(F)F)cc1. The van der Waals surface area contributed by atoms with Crippen LogP contribution in [-0.2, 0) is 22.3 Å². The number of aromatic nitrogens is 3. The third-order valence-corrected chi connectivity index (χ3v) is 4.55. The van der Waals surface area contributed by atoms with Crippen LogP contribution in [0.25, 0.3) is 0 Å². The summed E-state index contributed by atoms with van der Waals surface area (Å²) in [5.74, 6) is -0.332. The predicted molar refractivity (Wildman–Crippen MR) is 91.9 cm³/mol. The smallest absolute Gasteiger partial charge is 0.385 e. The zero-order valence-corrected chi connectivity index (χ0v) is 15.1. The normalized spacial score (nSPS) is 12.8. The van der Waals surface area contributed by atoms with Gasteiger partial charge in [-0.2, -0.15) is 13.2 Å². The highest BCUT2D eigenvalue weighted by Crippen LogP contribution is 2.30. The minimum Gasteiger partial charge on any atom is -0.385 e. The Kier molecular flexibility index (Phi) is 7.04. The molecule has 1 atom stereocenters. The van der Waals surface area contributed by atoms with Gasteiger partial charge >= 0.3 is 6.18 Å². The number of aryl methyl sites for hydroxylation is 1. The number of hydrogen-bond acceptors (Lipinski definition) is 5. The summed E-state index contributed by atoms with van der Waals surface area (Å²) in [6.45, 7) is 2.96. The van der Waals surface area contributed by atoms with Crippen LogP contribution in [0, 0.1) is 0 Å². The number of rotatable bonds is 8. The van der Waals surface area contributed by atoms with Crippen molar-refractivity contribution in [3.8, 4) is 0 Å². The number of ether oxygens (including phenoxy) is 1. The Labute approximate surface area is 153 Å². The van der Waals surface area contributed by atoms with Gasteiger partial charge in [0.2, 0.25) is 5.91 Å². The highest BCUT2D eigenvalue weighted by Gasteiger charge is 2.30. The van der Waals surface area contributed by atoms with Gasteiger partial charge in [-0.15, -0.1) is 10.2 Å². The second-order valence-corrected chi connectivity index (χ2v) is 6.79. The van der Waals surface area contributed by atoms with Crippen LogP contribution in [0.2, 0.25) is 0 Å². The van der Waals surface area contributed by atoms with Crippen molar-refractivity contribution in [3.05, 3.63) is 36.2 Å². The summed E-state index contributed by atoms with van der Waals surface area (Å²) >= 11 is 1.23. The lowest BCUT2D eigenvalue weighted by Gasteiger charge is -2.13. The lowest BCUT2D eigenvalue weighted by atomic mass is 10.2. The number of alkyl halides is 3. The first-order valence-corrected chi connectivity index (χ1v) is 8.70. The first-order chi connectivity index (χ1) is 12.3. The maximum Gasteiger partial charge on any atom is 0.416 e. The van der Waals surface area contributed by atoms with Gasteiger partial charge in [0.25, 0.3) is 0 Å². The second kappa shape index (κ2) is 9.04. The van der Waals surface area contributed by atoms with Gasteiger partial charge in [0.05, 0.1) is 10.8 Å². The first-order valence-electron chi connectivity index (χ1n) is 7.83. The first kappa shape index (κ1) is 20.2. The fourth-order valence-corrected chi connectivity index (χ4v) is 2.92. The van der Waals surface area contributed by atoms with Gasteiger partial charge in [0, 0.05) is 25.9 Å². The van der Waals surface area contributed by atoms with Crippen molar-refractivity contribution in [1.29, 1.82) is 0 Å². The molecule has 0 fully saturated rings. The van der Waals surface area contributed by atoms with E-state index < -0.39 is 17.0 Å². The molecule has 1 N–H and O–H groups in total. The van der Waals surface area contributed by atoms with Crippen LogP contribution in [-0.4, -0.2) is 39.6 Å². The molecule has 0 bridgehead atoms. The number of methoxy groups -OCH3 is 1. The molecule has 0 aliphatic carbocycles. The van der Waals surface area contributed by atoms with Crippen molar-refractivity contribution in [3.63, 3.8) is 0 Å². The quantitative estimate of drug-likeness (QED) is 0.554. The summed E-state index contributed by atoms with van der Waals surface area (Å²) in [6, 6.07) is 4.32. The van der Waals surface area contributed by atoms with Gasteiger partial charge in [-0.25, -0.2) is 0 Å². The van der Waals surface area contributed by atoms with Crippen LogP contribution in [0.3, 0.4) is 0 Å². The largest absolute Gasteiger partial charge is 0.416 e. The van der Waals surface area contributed by atoms with Gasteiger partial charge in [0.1, 0.15) is 6.33 Å². The van der Waals surface area contributed by atoms with E-state index in [-0.39, 0.29) is 5.91 Å². The van der Waals surface area contributed by atoms with E-state index in [1.165, 1.54) is 23.9 Å². The summed E-state index contributed by atoms with van der Waals surface area (Å²) < 4.78 is 44.5. The van der Waals surface area contributed by atoms with E-state index in [2.05, 4.69) is 15.5 Å². The van der Waals surface area contributed by atoms with Gasteiger partial charge in [-0.3, -0.25) is 4.79 Å². The molecule has 1 amide bonds. The Morgan fingerprint density at radius 1 is 1.35 bits per heavy atom. The van der Waals surface area contributed by atoms with E-state index in [4.69, 9.17) is 4.74 Å². The maximum atomic E-state index is 12.6. The fourth-order valence-electron chi connectivity index (χ4n) is 2.07. The third kappa shape index (κ3) is 5.73. The summed E-state index contributed by atoms with van der Waals surface area (Å²) in [4.78, 5) is 12.3. The predicted octanol–water partition coefficient (Wildman–Crippen LogP) is 3.45. The zero-order chi connectivity index (χ0) is 19.2. The van der Waals surface area contributed by atoms with Crippen molar-refractivity contribution in [2.45, 2.75) is 36.5 Å². The molecule has 26 heavy (non-hydrogen) atoms. The molecule has 0 radical (unpaired) electrons. The van der Waals surface area contributed by atoms with E-state index in [9.17, 15) is 18.0 Å². The average Bonchev–Trinajstić information content (AvgIpc) is 3.02. The molecule has 1 heterocycles. The maximum absolute atomic E-state index is 12.6. The molecule has 0 aliphatic rings. The summed E-state index contributed by atoms with van der Waals surface area (Å²) in [6.07, 6.45) is -2.04. The molecule has 142 valence electrons. The third-order valence-electron chi connectivity index (χ3n) is 3.46. The molecule has 2 aromatic rings. The summed E-state index contributed by atoms with van der Waals surface area (Å²) in [7, 11) is 1.62. The van der Waals surface area contributed by atoms with Crippen molar-refractivity contribution < 1.29 is 22.7 Å². The number of benzene rings is 1. The molecular weight excluding hydrogens is 369 g/mol. The second-order valence-electron chi connectivity index (χ2n) is 5.48. The Morgan fingerprint density at radius 2 is 2.04 bits per heavy atom. The van der Waals surface area contributed by atoms with Crippen LogP contribution < -0.4 is 5.32 Å². The van der Waals surface area contributed by atoms with E-state index in [0.717, 1.165) is 18.6 Å². The molecule has 10 heteroatoms. The van der Waals surface area contributed by atoms with E-state index >= 15 is 0 Å². The van der Waals surface area contributed by atoms with Gasteiger partial charge in [-0.05, 0) is 37.6 Å². The molecule has 0 saturated carbocycles. The Balaban J connectivity index is 1.93. The Morgan fingerprint density at radius 3 is 2.65 bits per heavy atom. The zero-order valence-electron chi connectivity index (χ0n) is 14.3. The van der Waals surface area contributed by atoms with Crippen molar-refractivity contribution in [1.82, 2.24) is 14.8 Å². The topological polar surface area (TPSA) is 69.0 Å². The van der Waals surface area contributed by atoms with Gasteiger partial charge in [0.15, 0.2) is 5.16 Å². The minimum absolute atomic E-state index is 0.303. The summed E-state index contributed by atoms with van der Waals surface area (Å²) in [5, 5.41) is 10.5. The van der Waals surface area contributed by atoms with E-state index in [1.54, 1.807) is 20.4 Å². The summed E-state index contributed by atoms with van der Waals surface area (Å²) in [5.41, 5.74) is -0.459. The molecule has 0 saturated heterocycles. The molecule has 0 spiro atoms. The van der Waals surface area contributed by atoms with Crippen molar-refractivity contribution in [2.75, 3.05) is 19.0 Å². The number of amides is 1. The van der Waals surface area contributed by atoms with Crippen LogP contribution >= 0.6 is 11.8 Å². The van der Waals surface area contributed by atoms with Gasteiger partial charge < -0.3 is 14.6 Å². The van der Waals surface area contributed by atoms with Crippen molar-refractivity contribution >= 4 is 23.4 Å². The van der Waals surface area contributed by atoms with Crippen LogP contribution in [0.15, 0.2) is 35.7 Å². The number of thioether (sulfide) groups is 1. The molecule has 1 unspecified atom stereocenters. The molecule has 1 aromatic heterocycles. The van der Waals surface area contributed by atoms with E-state index in [0.29, 0.717) is 24.0 Å². The van der Waals surface area contributed by atoms with Gasteiger partial charge in [-0.1, -0.05) is 11.8 Å². The highest BCUT2D eigenvalue weighted by molar-refractivity contribution is 8.00. The Bertz CT molecular complexity index is 719. The number of carbonyl (C=O) groups is 1. The van der Waals surface area contributed by atoms with E-state index in [1.807, 2.05) is 4.57 Å². The molecular formula is C16H19F3N4O2S. The number of anilines is 1. The highest BCUT2D eigenvalue weighted by atomic mass is 32.2. The number of hydrogen-bond donors (Lipinski definition) is 1. The number of halogens is 3. The minimum atomic E-state index is -4.40. The number of nitrogens with one attached hydrogen (secondary N) is 1. The number of carbonyl (C=O) groups excluding carboxylic acids is 1.